The first-order valence-electron chi connectivity index (χ1n) is 5.01. The molecule has 15 heavy (non-hydrogen) atoms. The van der Waals surface area contributed by atoms with Crippen LogP contribution in [0.3, 0.4) is 0 Å². The van der Waals surface area contributed by atoms with Crippen molar-refractivity contribution in [3.8, 4) is 5.75 Å². The van der Waals surface area contributed by atoms with E-state index in [-0.39, 0.29) is 6.79 Å². The summed E-state index contributed by atoms with van der Waals surface area (Å²) < 4.78 is 10.7. The van der Waals surface area contributed by atoms with Crippen molar-refractivity contribution in [1.29, 1.82) is 0 Å². The second-order valence-electron chi connectivity index (χ2n) is 3.76. The van der Waals surface area contributed by atoms with Gasteiger partial charge in [0.15, 0.2) is 6.79 Å². The third-order valence-electron chi connectivity index (χ3n) is 2.32. The van der Waals surface area contributed by atoms with Gasteiger partial charge in [-0.25, -0.2) is 0 Å². The summed E-state index contributed by atoms with van der Waals surface area (Å²) in [5.41, 5.74) is 6.25. The molecule has 3 nitrogen and oxygen atoms in total. The zero-order valence-electron chi connectivity index (χ0n) is 8.41. The Bertz CT molecular complexity index is 339. The van der Waals surface area contributed by atoms with Gasteiger partial charge in [-0.05, 0) is 37.0 Å². The highest BCUT2D eigenvalue weighted by Gasteiger charge is 2.21. The van der Waals surface area contributed by atoms with Crippen LogP contribution < -0.4 is 10.5 Å². The van der Waals surface area contributed by atoms with E-state index < -0.39 is 0 Å². The molecule has 0 aliphatic heterocycles. The Morgan fingerprint density at radius 1 is 1.40 bits per heavy atom. The van der Waals surface area contributed by atoms with Crippen LogP contribution in [0.1, 0.15) is 12.8 Å². The Labute approximate surface area is 94.1 Å². The van der Waals surface area contributed by atoms with Gasteiger partial charge in [0, 0.05) is 5.02 Å². The largest absolute Gasteiger partial charge is 0.465 e. The minimum atomic E-state index is 0.252. The van der Waals surface area contributed by atoms with Crippen molar-refractivity contribution >= 4 is 17.3 Å². The fraction of sp³-hybridized carbons (Fsp3) is 0.455. The third-order valence-corrected chi connectivity index (χ3v) is 2.56. The maximum Gasteiger partial charge on any atom is 0.189 e. The molecule has 1 aromatic carbocycles. The normalized spacial score (nSPS) is 15.3. The van der Waals surface area contributed by atoms with Crippen LogP contribution in [0.4, 0.5) is 5.69 Å². The quantitative estimate of drug-likeness (QED) is 0.478. The summed E-state index contributed by atoms with van der Waals surface area (Å²) in [6.45, 7) is 1.04. The predicted octanol–water partition coefficient (Wildman–Crippen LogP) is 2.69. The standard InChI is InChI=1S/C11H14ClNO2/c12-9-3-4-11(10(13)5-9)15-7-14-6-8-1-2-8/h3-5,8H,1-2,6-7,13H2. The van der Waals surface area contributed by atoms with Gasteiger partial charge in [0.05, 0.1) is 12.3 Å². The Morgan fingerprint density at radius 3 is 2.87 bits per heavy atom. The lowest BCUT2D eigenvalue weighted by Gasteiger charge is -2.09. The molecule has 0 saturated heterocycles. The number of hydrogen-bond donors (Lipinski definition) is 1. The minimum Gasteiger partial charge on any atom is -0.465 e. The van der Waals surface area contributed by atoms with Crippen molar-refractivity contribution in [2.45, 2.75) is 12.8 Å². The van der Waals surface area contributed by atoms with Crippen LogP contribution in [-0.2, 0) is 4.74 Å². The van der Waals surface area contributed by atoms with Crippen molar-refractivity contribution in [1.82, 2.24) is 0 Å². The fourth-order valence-corrected chi connectivity index (χ4v) is 1.44. The van der Waals surface area contributed by atoms with Crippen LogP contribution in [0.15, 0.2) is 18.2 Å². The third kappa shape index (κ3) is 3.29. The Balaban J connectivity index is 1.76. The van der Waals surface area contributed by atoms with Gasteiger partial charge >= 0.3 is 0 Å². The molecule has 1 aromatic rings. The van der Waals surface area contributed by atoms with Gasteiger partial charge in [-0.15, -0.1) is 0 Å². The first-order chi connectivity index (χ1) is 7.25. The van der Waals surface area contributed by atoms with Crippen molar-refractivity contribution in [2.75, 3.05) is 19.1 Å². The van der Waals surface area contributed by atoms with Gasteiger partial charge in [0.1, 0.15) is 5.75 Å². The SMILES string of the molecule is Nc1cc(Cl)ccc1OCOCC1CC1. The van der Waals surface area contributed by atoms with E-state index in [0.29, 0.717) is 16.5 Å². The molecule has 0 heterocycles. The molecular formula is C11H14ClNO2. The van der Waals surface area contributed by atoms with E-state index in [1.165, 1.54) is 12.8 Å². The maximum atomic E-state index is 5.76. The first-order valence-corrected chi connectivity index (χ1v) is 5.39. The highest BCUT2D eigenvalue weighted by molar-refractivity contribution is 6.30. The number of nitrogens with two attached hydrogens (primary N) is 1. The predicted molar refractivity (Wildman–Crippen MR) is 60.0 cm³/mol. The zero-order chi connectivity index (χ0) is 10.7. The van der Waals surface area contributed by atoms with Crippen LogP contribution in [0.2, 0.25) is 5.02 Å². The van der Waals surface area contributed by atoms with Crippen LogP contribution >= 0.6 is 11.6 Å². The first kappa shape index (κ1) is 10.6. The topological polar surface area (TPSA) is 44.5 Å². The van der Waals surface area contributed by atoms with Crippen LogP contribution in [0.5, 0.6) is 5.75 Å². The lowest BCUT2D eigenvalue weighted by molar-refractivity contribution is 0.0104. The molecule has 0 unspecified atom stereocenters. The lowest BCUT2D eigenvalue weighted by Crippen LogP contribution is -2.06. The van der Waals surface area contributed by atoms with Gasteiger partial charge in [-0.3, -0.25) is 0 Å². The molecule has 82 valence electrons. The molecule has 1 fully saturated rings. The summed E-state index contributed by atoms with van der Waals surface area (Å²) >= 11 is 5.76. The van der Waals surface area contributed by atoms with Crippen molar-refractivity contribution in [2.24, 2.45) is 5.92 Å². The van der Waals surface area contributed by atoms with Gasteiger partial charge in [0.25, 0.3) is 0 Å². The molecule has 1 saturated carbocycles. The van der Waals surface area contributed by atoms with E-state index in [9.17, 15) is 0 Å². The molecule has 4 heteroatoms. The van der Waals surface area contributed by atoms with E-state index in [1.54, 1.807) is 18.2 Å². The van der Waals surface area contributed by atoms with Crippen LogP contribution in [-0.4, -0.2) is 13.4 Å². The van der Waals surface area contributed by atoms with Gasteiger partial charge in [-0.2, -0.15) is 0 Å². The van der Waals surface area contributed by atoms with E-state index in [2.05, 4.69) is 0 Å². The number of ether oxygens (including phenoxy) is 2. The minimum absolute atomic E-state index is 0.252. The van der Waals surface area contributed by atoms with Crippen LogP contribution in [0, 0.1) is 5.92 Å². The number of rotatable bonds is 5. The van der Waals surface area contributed by atoms with Crippen LogP contribution in [0.25, 0.3) is 0 Å². The zero-order valence-corrected chi connectivity index (χ0v) is 9.17. The summed E-state index contributed by atoms with van der Waals surface area (Å²) in [5.74, 6) is 1.37. The van der Waals surface area contributed by atoms with E-state index >= 15 is 0 Å². The second-order valence-corrected chi connectivity index (χ2v) is 4.19. The average molecular weight is 228 g/mol. The summed E-state index contributed by atoms with van der Waals surface area (Å²) in [6, 6.07) is 5.16. The second kappa shape index (κ2) is 4.73. The molecule has 0 atom stereocenters. The summed E-state index contributed by atoms with van der Waals surface area (Å²) in [5, 5.41) is 0.610. The number of benzene rings is 1. The lowest BCUT2D eigenvalue weighted by atomic mass is 10.3. The number of hydrogen-bond acceptors (Lipinski definition) is 3. The average Bonchev–Trinajstić information content (AvgIpc) is 2.99. The smallest absolute Gasteiger partial charge is 0.189 e. The van der Waals surface area contributed by atoms with E-state index in [0.717, 1.165) is 12.5 Å². The molecule has 0 bridgehead atoms. The highest BCUT2D eigenvalue weighted by atomic mass is 35.5. The molecule has 0 spiro atoms. The number of halogens is 1. The Hall–Kier alpha value is -0.930. The molecule has 1 aliphatic carbocycles. The number of nitrogen functional groups attached to an aromatic ring is 1. The molecular weight excluding hydrogens is 214 g/mol. The monoisotopic (exact) mass is 227 g/mol. The summed E-state index contributed by atoms with van der Waals surface area (Å²) in [6.07, 6.45) is 2.56. The summed E-state index contributed by atoms with van der Waals surface area (Å²) in [4.78, 5) is 0. The van der Waals surface area contributed by atoms with Crippen molar-refractivity contribution in [3.63, 3.8) is 0 Å². The molecule has 2 N–H and O–H groups in total. The highest BCUT2D eigenvalue weighted by Crippen LogP contribution is 2.29. The van der Waals surface area contributed by atoms with E-state index in [4.69, 9.17) is 26.8 Å². The van der Waals surface area contributed by atoms with E-state index in [1.807, 2.05) is 0 Å². The molecule has 2 rings (SSSR count). The van der Waals surface area contributed by atoms with Gasteiger partial charge in [0.2, 0.25) is 0 Å². The molecule has 0 aromatic heterocycles. The van der Waals surface area contributed by atoms with Crippen molar-refractivity contribution in [3.05, 3.63) is 23.2 Å². The van der Waals surface area contributed by atoms with Gasteiger partial charge in [-0.1, -0.05) is 11.6 Å². The maximum absolute atomic E-state index is 5.76. The van der Waals surface area contributed by atoms with Crippen molar-refractivity contribution < 1.29 is 9.47 Å². The summed E-state index contributed by atoms with van der Waals surface area (Å²) in [7, 11) is 0. The fourth-order valence-electron chi connectivity index (χ4n) is 1.26. The molecule has 0 radical (unpaired) electrons. The molecule has 1 aliphatic rings. The molecule has 0 amide bonds. The van der Waals surface area contributed by atoms with Gasteiger partial charge < -0.3 is 15.2 Å². The Morgan fingerprint density at radius 2 is 2.20 bits per heavy atom. The Kier molecular flexibility index (Phi) is 3.34. The number of anilines is 1.